The van der Waals surface area contributed by atoms with E-state index in [2.05, 4.69) is 11.9 Å². The molecule has 1 unspecified atom stereocenters. The number of amides is 1. The summed E-state index contributed by atoms with van der Waals surface area (Å²) >= 11 is 0. The lowest BCUT2D eigenvalue weighted by molar-refractivity contribution is -0.138. The molecule has 4 heteroatoms. The Hall–Kier alpha value is -1.32. The van der Waals surface area contributed by atoms with Crippen LogP contribution in [0.5, 0.6) is 0 Å². The third-order valence-electron chi connectivity index (χ3n) is 1.79. The van der Waals surface area contributed by atoms with E-state index in [4.69, 9.17) is 5.11 Å². The number of carboxylic acids is 1. The lowest BCUT2D eigenvalue weighted by Crippen LogP contribution is -2.28. The smallest absolute Gasteiger partial charge is 0.303 e. The quantitative estimate of drug-likeness (QED) is 0.601. The summed E-state index contributed by atoms with van der Waals surface area (Å²) < 4.78 is 0. The highest BCUT2D eigenvalue weighted by molar-refractivity contribution is 5.86. The first-order chi connectivity index (χ1) is 6.10. The van der Waals surface area contributed by atoms with Crippen LogP contribution >= 0.6 is 0 Å². The molecule has 0 aliphatic rings. The molecule has 0 aromatic heterocycles. The normalized spacial score (nSPS) is 11.8. The molecule has 1 atom stereocenters. The third kappa shape index (κ3) is 5.90. The zero-order chi connectivity index (χ0) is 10.3. The molecule has 0 spiro atoms. The summed E-state index contributed by atoms with van der Waals surface area (Å²) in [7, 11) is 0. The van der Waals surface area contributed by atoms with Gasteiger partial charge in [0.05, 0.1) is 0 Å². The Morgan fingerprint density at radius 2 is 2.23 bits per heavy atom. The first-order valence-corrected chi connectivity index (χ1v) is 4.22. The average Bonchev–Trinajstić information content (AvgIpc) is 2.10. The molecule has 0 aromatic carbocycles. The van der Waals surface area contributed by atoms with Crippen LogP contribution in [0.3, 0.4) is 0 Å². The van der Waals surface area contributed by atoms with Gasteiger partial charge in [-0.25, -0.2) is 0 Å². The second-order valence-corrected chi connectivity index (χ2v) is 2.82. The van der Waals surface area contributed by atoms with Crippen molar-refractivity contribution in [1.82, 2.24) is 5.32 Å². The lowest BCUT2D eigenvalue weighted by Gasteiger charge is -2.11. The molecule has 0 aliphatic carbocycles. The topological polar surface area (TPSA) is 66.4 Å². The molecule has 0 saturated heterocycles. The van der Waals surface area contributed by atoms with Gasteiger partial charge in [-0.15, -0.1) is 0 Å². The van der Waals surface area contributed by atoms with Crippen LogP contribution < -0.4 is 5.32 Å². The molecule has 13 heavy (non-hydrogen) atoms. The Morgan fingerprint density at radius 3 is 2.62 bits per heavy atom. The summed E-state index contributed by atoms with van der Waals surface area (Å²) in [5.74, 6) is -1.09. The molecule has 2 N–H and O–H groups in total. The van der Waals surface area contributed by atoms with Gasteiger partial charge < -0.3 is 10.4 Å². The minimum Gasteiger partial charge on any atom is -0.481 e. The number of nitrogens with one attached hydrogen (secondary N) is 1. The molecular weight excluding hydrogens is 170 g/mol. The Morgan fingerprint density at radius 1 is 1.62 bits per heavy atom. The van der Waals surface area contributed by atoms with Crippen LogP contribution in [0, 0.1) is 5.92 Å². The standard InChI is InChI=1S/C9H15NO3/c1-3-7(5-9(12)13)6-10-8(11)4-2/h4,7H,2-3,5-6H2,1H3,(H,10,11)(H,12,13). The maximum Gasteiger partial charge on any atom is 0.303 e. The fourth-order valence-corrected chi connectivity index (χ4v) is 0.925. The highest BCUT2D eigenvalue weighted by atomic mass is 16.4. The van der Waals surface area contributed by atoms with E-state index in [9.17, 15) is 9.59 Å². The predicted molar refractivity (Wildman–Crippen MR) is 49.2 cm³/mol. The van der Waals surface area contributed by atoms with Gasteiger partial charge in [0.1, 0.15) is 0 Å². The number of carbonyl (C=O) groups excluding carboxylic acids is 1. The van der Waals surface area contributed by atoms with Gasteiger partial charge in [0.25, 0.3) is 0 Å². The summed E-state index contributed by atoms with van der Waals surface area (Å²) in [5, 5.41) is 11.1. The van der Waals surface area contributed by atoms with Gasteiger partial charge in [-0.1, -0.05) is 19.9 Å². The molecule has 0 saturated carbocycles. The van der Waals surface area contributed by atoms with Crippen molar-refractivity contribution in [2.24, 2.45) is 5.92 Å². The van der Waals surface area contributed by atoms with Gasteiger partial charge >= 0.3 is 5.97 Å². The molecule has 4 nitrogen and oxygen atoms in total. The van der Waals surface area contributed by atoms with Crippen molar-refractivity contribution >= 4 is 11.9 Å². The molecular formula is C9H15NO3. The highest BCUT2D eigenvalue weighted by Gasteiger charge is 2.11. The van der Waals surface area contributed by atoms with Crippen molar-refractivity contribution in [1.29, 1.82) is 0 Å². The monoisotopic (exact) mass is 185 g/mol. The summed E-state index contributed by atoms with van der Waals surface area (Å²) in [4.78, 5) is 21.1. The van der Waals surface area contributed by atoms with Crippen molar-refractivity contribution < 1.29 is 14.7 Å². The third-order valence-corrected chi connectivity index (χ3v) is 1.79. The molecule has 74 valence electrons. The maximum atomic E-state index is 10.7. The number of hydrogen-bond donors (Lipinski definition) is 2. The largest absolute Gasteiger partial charge is 0.481 e. The van der Waals surface area contributed by atoms with E-state index in [1.807, 2.05) is 6.92 Å². The van der Waals surface area contributed by atoms with Crippen LogP contribution in [0.25, 0.3) is 0 Å². The van der Waals surface area contributed by atoms with E-state index in [1.54, 1.807) is 0 Å². The second-order valence-electron chi connectivity index (χ2n) is 2.82. The highest BCUT2D eigenvalue weighted by Crippen LogP contribution is 2.06. The molecule has 0 radical (unpaired) electrons. The average molecular weight is 185 g/mol. The number of carboxylic acid groups (broad SMARTS) is 1. The van der Waals surface area contributed by atoms with Crippen molar-refractivity contribution in [2.45, 2.75) is 19.8 Å². The van der Waals surface area contributed by atoms with E-state index < -0.39 is 5.97 Å². The minimum absolute atomic E-state index is 0.00130. The van der Waals surface area contributed by atoms with E-state index in [-0.39, 0.29) is 18.2 Å². The molecule has 0 fully saturated rings. The van der Waals surface area contributed by atoms with Gasteiger partial charge in [-0.3, -0.25) is 9.59 Å². The predicted octanol–water partition coefficient (Wildman–Crippen LogP) is 0.790. The second kappa shape index (κ2) is 6.22. The van der Waals surface area contributed by atoms with Crippen molar-refractivity contribution in [3.8, 4) is 0 Å². The maximum absolute atomic E-state index is 10.7. The molecule has 0 aliphatic heterocycles. The van der Waals surface area contributed by atoms with Gasteiger partial charge in [0.15, 0.2) is 0 Å². The first-order valence-electron chi connectivity index (χ1n) is 4.22. The van der Waals surface area contributed by atoms with E-state index in [0.717, 1.165) is 6.42 Å². The Balaban J connectivity index is 3.77. The lowest BCUT2D eigenvalue weighted by atomic mass is 10.0. The molecule has 1 amide bonds. The number of hydrogen-bond acceptors (Lipinski definition) is 2. The molecule has 0 bridgehead atoms. The van der Waals surface area contributed by atoms with Gasteiger partial charge in [-0.05, 0) is 12.0 Å². The zero-order valence-corrected chi connectivity index (χ0v) is 7.75. The Labute approximate surface area is 77.6 Å². The Kier molecular flexibility index (Phi) is 5.59. The number of carbonyl (C=O) groups is 2. The number of rotatable bonds is 6. The number of aliphatic carboxylic acids is 1. The zero-order valence-electron chi connectivity index (χ0n) is 7.75. The molecule has 0 heterocycles. The van der Waals surface area contributed by atoms with Crippen LogP contribution in [0.4, 0.5) is 0 Å². The van der Waals surface area contributed by atoms with Crippen molar-refractivity contribution in [2.75, 3.05) is 6.54 Å². The van der Waals surface area contributed by atoms with Gasteiger partial charge in [-0.2, -0.15) is 0 Å². The van der Waals surface area contributed by atoms with Crippen LogP contribution in [0.2, 0.25) is 0 Å². The van der Waals surface area contributed by atoms with Crippen molar-refractivity contribution in [3.63, 3.8) is 0 Å². The fraction of sp³-hybridized carbons (Fsp3) is 0.556. The SMILES string of the molecule is C=CC(=O)NCC(CC)CC(=O)O. The molecule has 0 rings (SSSR count). The van der Waals surface area contributed by atoms with Gasteiger partial charge in [0.2, 0.25) is 5.91 Å². The summed E-state index contributed by atoms with van der Waals surface area (Å²) in [6.45, 7) is 5.59. The fourth-order valence-electron chi connectivity index (χ4n) is 0.925. The van der Waals surface area contributed by atoms with Crippen LogP contribution in [-0.4, -0.2) is 23.5 Å². The van der Waals surface area contributed by atoms with E-state index >= 15 is 0 Å². The van der Waals surface area contributed by atoms with Crippen molar-refractivity contribution in [3.05, 3.63) is 12.7 Å². The Bertz CT molecular complexity index is 201. The summed E-state index contributed by atoms with van der Waals surface area (Å²) in [6.07, 6.45) is 2.01. The van der Waals surface area contributed by atoms with Crippen LogP contribution in [-0.2, 0) is 9.59 Å². The molecule has 0 aromatic rings. The minimum atomic E-state index is -0.834. The first kappa shape index (κ1) is 11.7. The van der Waals surface area contributed by atoms with Crippen LogP contribution in [0.15, 0.2) is 12.7 Å². The van der Waals surface area contributed by atoms with Gasteiger partial charge in [0, 0.05) is 13.0 Å². The summed E-state index contributed by atoms with van der Waals surface area (Å²) in [6, 6.07) is 0. The summed E-state index contributed by atoms with van der Waals surface area (Å²) in [5.41, 5.74) is 0. The van der Waals surface area contributed by atoms with E-state index in [0.29, 0.717) is 6.54 Å². The van der Waals surface area contributed by atoms with Crippen LogP contribution in [0.1, 0.15) is 19.8 Å². The van der Waals surface area contributed by atoms with E-state index in [1.165, 1.54) is 6.08 Å².